The van der Waals surface area contributed by atoms with E-state index in [1.807, 2.05) is 25.8 Å². The summed E-state index contributed by atoms with van der Waals surface area (Å²) in [6.07, 6.45) is 0. The maximum Gasteiger partial charge on any atom is 0.257 e. The molecule has 1 aromatic rings. The molecule has 1 aromatic heterocycles. The van der Waals surface area contributed by atoms with Crippen molar-refractivity contribution >= 4 is 18.3 Å². The number of nitrogens with zero attached hydrogens (tertiary/aromatic N) is 3. The van der Waals surface area contributed by atoms with Gasteiger partial charge in [0.2, 0.25) is 0 Å². The average molecular weight is 285 g/mol. The van der Waals surface area contributed by atoms with E-state index in [4.69, 9.17) is 0 Å². The molecule has 5 nitrogen and oxygen atoms in total. The highest BCUT2D eigenvalue weighted by Gasteiger charge is 2.39. The van der Waals surface area contributed by atoms with E-state index in [-0.39, 0.29) is 18.3 Å². The Morgan fingerprint density at radius 1 is 1.26 bits per heavy atom. The highest BCUT2D eigenvalue weighted by atomic mass is 35.5. The smallest absolute Gasteiger partial charge is 0.257 e. The number of halogens is 1. The molecular weight excluding hydrogens is 264 g/mol. The third kappa shape index (κ3) is 2.25. The number of hydrogen-bond donors (Lipinski definition) is 1. The van der Waals surface area contributed by atoms with Crippen LogP contribution in [0.4, 0.5) is 0 Å². The number of aromatic nitrogens is 2. The minimum Gasteiger partial charge on any atom is -0.338 e. The number of aryl methyl sites for hydroxylation is 2. The zero-order valence-corrected chi connectivity index (χ0v) is 12.5. The highest BCUT2D eigenvalue weighted by Crippen LogP contribution is 2.28. The Morgan fingerprint density at radius 3 is 2.32 bits per heavy atom. The SMILES string of the molecule is Cc1nn(C)c(C)c1C(=O)N1C[C@H]2CNC[C@H]2C1.Cl. The van der Waals surface area contributed by atoms with E-state index in [0.29, 0.717) is 11.8 Å². The molecule has 3 heterocycles. The molecule has 0 unspecified atom stereocenters. The Bertz CT molecular complexity index is 487. The molecule has 0 aliphatic carbocycles. The molecule has 2 aliphatic rings. The van der Waals surface area contributed by atoms with Gasteiger partial charge in [-0.1, -0.05) is 0 Å². The van der Waals surface area contributed by atoms with Crippen LogP contribution in [-0.2, 0) is 7.05 Å². The molecule has 0 bridgehead atoms. The Hall–Kier alpha value is -1.07. The van der Waals surface area contributed by atoms with Crippen LogP contribution in [0.15, 0.2) is 0 Å². The molecule has 2 aliphatic heterocycles. The molecule has 6 heteroatoms. The molecule has 0 spiro atoms. The molecule has 1 amide bonds. The van der Waals surface area contributed by atoms with Crippen molar-refractivity contribution in [1.29, 1.82) is 0 Å². The Kier molecular flexibility index (Phi) is 3.87. The summed E-state index contributed by atoms with van der Waals surface area (Å²) in [5.74, 6) is 1.45. The van der Waals surface area contributed by atoms with Crippen molar-refractivity contribution in [2.45, 2.75) is 13.8 Å². The Morgan fingerprint density at radius 2 is 1.84 bits per heavy atom. The second-order valence-corrected chi connectivity index (χ2v) is 5.56. The Balaban J connectivity index is 0.00000133. The molecule has 0 aromatic carbocycles. The minimum atomic E-state index is 0. The van der Waals surface area contributed by atoms with Gasteiger partial charge in [0.1, 0.15) is 0 Å². The van der Waals surface area contributed by atoms with E-state index >= 15 is 0 Å². The number of carbonyl (C=O) groups is 1. The highest BCUT2D eigenvalue weighted by molar-refractivity contribution is 5.96. The first-order valence-electron chi connectivity index (χ1n) is 6.58. The van der Waals surface area contributed by atoms with Gasteiger partial charge < -0.3 is 10.2 Å². The van der Waals surface area contributed by atoms with Gasteiger partial charge in [0.05, 0.1) is 11.3 Å². The predicted molar refractivity (Wildman–Crippen MR) is 75.7 cm³/mol. The quantitative estimate of drug-likeness (QED) is 0.828. The van der Waals surface area contributed by atoms with Gasteiger partial charge in [-0.05, 0) is 25.7 Å². The Labute approximate surface area is 119 Å². The number of rotatable bonds is 1. The van der Waals surface area contributed by atoms with Crippen LogP contribution >= 0.6 is 12.4 Å². The van der Waals surface area contributed by atoms with E-state index in [0.717, 1.165) is 43.1 Å². The fourth-order valence-corrected chi connectivity index (χ4v) is 3.26. The molecule has 0 radical (unpaired) electrons. The van der Waals surface area contributed by atoms with Crippen LogP contribution in [0.25, 0.3) is 0 Å². The summed E-state index contributed by atoms with van der Waals surface area (Å²) in [6, 6.07) is 0. The third-order valence-electron chi connectivity index (χ3n) is 4.40. The van der Waals surface area contributed by atoms with Crippen LogP contribution in [0.3, 0.4) is 0 Å². The summed E-state index contributed by atoms with van der Waals surface area (Å²) in [5, 5.41) is 7.73. The largest absolute Gasteiger partial charge is 0.338 e. The lowest BCUT2D eigenvalue weighted by molar-refractivity contribution is 0.0780. The molecule has 2 saturated heterocycles. The number of carbonyl (C=O) groups excluding carboxylic acids is 1. The van der Waals surface area contributed by atoms with Crippen LogP contribution < -0.4 is 5.32 Å². The van der Waals surface area contributed by atoms with E-state index in [1.165, 1.54) is 0 Å². The van der Waals surface area contributed by atoms with Gasteiger partial charge >= 0.3 is 0 Å². The van der Waals surface area contributed by atoms with E-state index in [9.17, 15) is 4.79 Å². The first-order valence-corrected chi connectivity index (χ1v) is 6.58. The van der Waals surface area contributed by atoms with Crippen molar-refractivity contribution in [3.05, 3.63) is 17.0 Å². The number of nitrogens with one attached hydrogen (secondary N) is 1. The van der Waals surface area contributed by atoms with E-state index in [2.05, 4.69) is 10.4 Å². The summed E-state index contributed by atoms with van der Waals surface area (Å²) in [5.41, 5.74) is 2.60. The van der Waals surface area contributed by atoms with Crippen molar-refractivity contribution < 1.29 is 4.79 Å². The number of hydrogen-bond acceptors (Lipinski definition) is 3. The van der Waals surface area contributed by atoms with Gasteiger partial charge in [-0.2, -0.15) is 5.10 Å². The van der Waals surface area contributed by atoms with Gasteiger partial charge in [0, 0.05) is 38.9 Å². The van der Waals surface area contributed by atoms with Crippen LogP contribution in [0.2, 0.25) is 0 Å². The zero-order chi connectivity index (χ0) is 12.9. The predicted octanol–water partition coefficient (Wildman–Crippen LogP) is 0.750. The average Bonchev–Trinajstić information content (AvgIpc) is 2.93. The topological polar surface area (TPSA) is 50.2 Å². The maximum absolute atomic E-state index is 12.6. The molecule has 3 rings (SSSR count). The molecule has 106 valence electrons. The number of amides is 1. The summed E-state index contributed by atoms with van der Waals surface area (Å²) in [6.45, 7) is 7.78. The lowest BCUT2D eigenvalue weighted by Gasteiger charge is -2.17. The fourth-order valence-electron chi connectivity index (χ4n) is 3.26. The second kappa shape index (κ2) is 5.13. The molecular formula is C13H21ClN4O. The molecule has 1 N–H and O–H groups in total. The molecule has 19 heavy (non-hydrogen) atoms. The van der Waals surface area contributed by atoms with Crippen LogP contribution in [0.1, 0.15) is 21.7 Å². The zero-order valence-electron chi connectivity index (χ0n) is 11.6. The standard InChI is InChI=1S/C13H20N4O.ClH/c1-8-12(9(2)16(3)15-8)13(18)17-6-10-4-14-5-11(10)7-17;/h10-11,14H,4-7H2,1-3H3;1H/t10-,11+;. The van der Waals surface area contributed by atoms with Gasteiger partial charge in [0.15, 0.2) is 0 Å². The van der Waals surface area contributed by atoms with Gasteiger partial charge in [-0.25, -0.2) is 0 Å². The van der Waals surface area contributed by atoms with E-state index in [1.54, 1.807) is 4.68 Å². The molecule has 2 atom stereocenters. The first-order chi connectivity index (χ1) is 8.58. The third-order valence-corrected chi connectivity index (χ3v) is 4.40. The van der Waals surface area contributed by atoms with Crippen LogP contribution in [0, 0.1) is 25.7 Å². The van der Waals surface area contributed by atoms with Crippen molar-refractivity contribution in [2.75, 3.05) is 26.2 Å². The van der Waals surface area contributed by atoms with Crippen molar-refractivity contribution in [3.8, 4) is 0 Å². The van der Waals surface area contributed by atoms with Crippen molar-refractivity contribution in [2.24, 2.45) is 18.9 Å². The van der Waals surface area contributed by atoms with Gasteiger partial charge in [0.25, 0.3) is 5.91 Å². The number of fused-ring (bicyclic) bond motifs is 1. The summed E-state index contributed by atoms with van der Waals surface area (Å²) in [4.78, 5) is 14.6. The lowest BCUT2D eigenvalue weighted by atomic mass is 10.0. The summed E-state index contributed by atoms with van der Waals surface area (Å²) >= 11 is 0. The molecule has 0 saturated carbocycles. The normalized spacial score (nSPS) is 25.3. The fraction of sp³-hybridized carbons (Fsp3) is 0.692. The van der Waals surface area contributed by atoms with Crippen molar-refractivity contribution in [3.63, 3.8) is 0 Å². The van der Waals surface area contributed by atoms with E-state index < -0.39 is 0 Å². The monoisotopic (exact) mass is 284 g/mol. The van der Waals surface area contributed by atoms with Crippen molar-refractivity contribution in [1.82, 2.24) is 20.0 Å². The summed E-state index contributed by atoms with van der Waals surface area (Å²) < 4.78 is 1.79. The minimum absolute atomic E-state index is 0. The van der Waals surface area contributed by atoms with Gasteiger partial charge in [-0.15, -0.1) is 12.4 Å². The van der Waals surface area contributed by atoms with Crippen LogP contribution in [0.5, 0.6) is 0 Å². The maximum atomic E-state index is 12.6. The lowest BCUT2D eigenvalue weighted by Crippen LogP contribution is -2.32. The van der Waals surface area contributed by atoms with Crippen LogP contribution in [-0.4, -0.2) is 46.8 Å². The second-order valence-electron chi connectivity index (χ2n) is 5.56. The molecule has 2 fully saturated rings. The number of likely N-dealkylation sites (tertiary alicyclic amines) is 1. The van der Waals surface area contributed by atoms with Gasteiger partial charge in [-0.3, -0.25) is 9.48 Å². The first kappa shape index (κ1) is 14.3. The summed E-state index contributed by atoms with van der Waals surface area (Å²) in [7, 11) is 1.89.